The van der Waals surface area contributed by atoms with E-state index < -0.39 is 41.9 Å². The molecule has 1 fully saturated rings. The van der Waals surface area contributed by atoms with Crippen molar-refractivity contribution in [1.82, 2.24) is 15.2 Å². The number of nitrogens with one attached hydrogen (secondary N) is 1. The predicted octanol–water partition coefficient (Wildman–Crippen LogP) is -0.166. The molecule has 0 aliphatic carbocycles. The summed E-state index contributed by atoms with van der Waals surface area (Å²) >= 11 is 2.30. The fraction of sp³-hybridized carbons (Fsp3) is 0.357. The zero-order valence-corrected chi connectivity index (χ0v) is 14.9. The summed E-state index contributed by atoms with van der Waals surface area (Å²) in [6.45, 7) is 1.62. The van der Waals surface area contributed by atoms with E-state index in [9.17, 15) is 19.5 Å². The molecule has 2 aliphatic rings. The SMILES string of the molecule is [2H]C([2H])([2H])O/N=C(/C(=O)N[C@@H]1C(=O)N2C(C(=O)O)=C(C)CS[C@H]12)c1csc(N)n1. The third-order valence-electron chi connectivity index (χ3n) is 3.76. The van der Waals surface area contributed by atoms with Crippen LogP contribution < -0.4 is 11.1 Å². The molecular weight excluding hydrogens is 382 g/mol. The summed E-state index contributed by atoms with van der Waals surface area (Å²) in [6, 6.07) is -1.01. The van der Waals surface area contributed by atoms with E-state index in [0.717, 1.165) is 16.2 Å². The lowest BCUT2D eigenvalue weighted by molar-refractivity contribution is -0.150. The monoisotopic (exact) mass is 400 g/mol. The van der Waals surface area contributed by atoms with Crippen molar-refractivity contribution in [2.75, 3.05) is 18.5 Å². The fourth-order valence-electron chi connectivity index (χ4n) is 2.63. The maximum absolute atomic E-state index is 12.7. The molecule has 26 heavy (non-hydrogen) atoms. The van der Waals surface area contributed by atoms with Gasteiger partial charge < -0.3 is 21.0 Å². The maximum atomic E-state index is 12.7. The molecule has 12 heteroatoms. The highest BCUT2D eigenvalue weighted by atomic mass is 32.2. The molecule has 1 aromatic rings. The summed E-state index contributed by atoms with van der Waals surface area (Å²) in [4.78, 5) is 46.0. The molecule has 0 unspecified atom stereocenters. The average molecular weight is 400 g/mol. The minimum absolute atomic E-state index is 0.0175. The normalized spacial score (nSPS) is 24.8. The lowest BCUT2D eigenvalue weighted by Gasteiger charge is -2.49. The first-order chi connectivity index (χ1) is 13.5. The van der Waals surface area contributed by atoms with Crippen LogP contribution in [0.15, 0.2) is 21.8 Å². The van der Waals surface area contributed by atoms with Crippen molar-refractivity contribution >= 4 is 51.7 Å². The number of hydrogen-bond donors (Lipinski definition) is 3. The number of carbonyl (C=O) groups is 3. The first kappa shape index (κ1) is 14.6. The summed E-state index contributed by atoms with van der Waals surface area (Å²) in [5.41, 5.74) is 5.51. The van der Waals surface area contributed by atoms with Gasteiger partial charge in [0, 0.05) is 11.1 Å². The van der Waals surface area contributed by atoms with Gasteiger partial charge in [0.25, 0.3) is 11.8 Å². The Hall–Kier alpha value is -2.60. The number of carboxylic acid groups (broad SMARTS) is 1. The minimum Gasteiger partial charge on any atom is -0.477 e. The Morgan fingerprint density at radius 3 is 3.00 bits per heavy atom. The average Bonchev–Trinajstić information content (AvgIpc) is 3.04. The number of aromatic nitrogens is 1. The number of β-lactam (4-membered cyclic amide) rings is 1. The van der Waals surface area contributed by atoms with Crippen LogP contribution in [0.5, 0.6) is 0 Å². The van der Waals surface area contributed by atoms with Crippen molar-refractivity contribution < 1.29 is 28.4 Å². The Labute approximate surface area is 160 Å². The number of thioether (sulfide) groups is 1. The second kappa shape index (κ2) is 6.96. The summed E-state index contributed by atoms with van der Waals surface area (Å²) in [5, 5.41) is 16.1. The Balaban J connectivity index is 1.81. The molecule has 3 rings (SSSR count). The number of amides is 2. The minimum atomic E-state index is -2.89. The van der Waals surface area contributed by atoms with Gasteiger partial charge in [-0.25, -0.2) is 9.78 Å². The number of nitrogens with two attached hydrogens (primary N) is 1. The van der Waals surface area contributed by atoms with Crippen molar-refractivity contribution in [3.05, 3.63) is 22.3 Å². The predicted molar refractivity (Wildman–Crippen MR) is 95.4 cm³/mol. The van der Waals surface area contributed by atoms with Crippen LogP contribution in [0.3, 0.4) is 0 Å². The molecule has 0 radical (unpaired) electrons. The maximum Gasteiger partial charge on any atom is 0.352 e. The molecule has 4 N–H and O–H groups in total. The number of anilines is 1. The smallest absolute Gasteiger partial charge is 0.352 e. The largest absolute Gasteiger partial charge is 0.477 e. The number of thiazole rings is 1. The lowest BCUT2D eigenvalue weighted by atomic mass is 10.0. The Bertz CT molecular complexity index is 944. The van der Waals surface area contributed by atoms with Gasteiger partial charge in [0.05, 0.1) is 4.11 Å². The number of aliphatic carboxylic acids is 1. The number of nitrogens with zero attached hydrogens (tertiary/aromatic N) is 3. The van der Waals surface area contributed by atoms with E-state index in [1.807, 2.05) is 0 Å². The number of fused-ring (bicyclic) bond motifs is 1. The van der Waals surface area contributed by atoms with E-state index in [4.69, 9.17) is 9.85 Å². The van der Waals surface area contributed by atoms with Crippen LogP contribution in [-0.2, 0) is 19.2 Å². The molecule has 1 aromatic heterocycles. The van der Waals surface area contributed by atoms with E-state index in [0.29, 0.717) is 11.3 Å². The first-order valence-corrected chi connectivity index (χ1v) is 9.08. The van der Waals surface area contributed by atoms with Crippen LogP contribution in [0.2, 0.25) is 0 Å². The molecule has 3 heterocycles. The van der Waals surface area contributed by atoms with Gasteiger partial charge >= 0.3 is 5.97 Å². The summed E-state index contributed by atoms with van der Waals surface area (Å²) in [7, 11) is -2.89. The van der Waals surface area contributed by atoms with Gasteiger partial charge in [-0.05, 0) is 12.5 Å². The van der Waals surface area contributed by atoms with Crippen LogP contribution in [-0.4, -0.2) is 62.7 Å². The number of oxime groups is 1. The van der Waals surface area contributed by atoms with Gasteiger partial charge in [0.15, 0.2) is 10.8 Å². The summed E-state index contributed by atoms with van der Waals surface area (Å²) in [6.07, 6.45) is 0. The first-order valence-electron chi connectivity index (χ1n) is 8.65. The van der Waals surface area contributed by atoms with Gasteiger partial charge in [-0.1, -0.05) is 5.16 Å². The van der Waals surface area contributed by atoms with E-state index >= 15 is 0 Å². The number of hydrogen-bond acceptors (Lipinski definition) is 9. The molecule has 0 saturated carbocycles. The number of nitrogen functional groups attached to an aromatic ring is 1. The molecule has 138 valence electrons. The molecular formula is C14H15N5O5S2. The van der Waals surface area contributed by atoms with Crippen LogP contribution in [0.1, 0.15) is 16.7 Å². The van der Waals surface area contributed by atoms with Gasteiger partial charge in [-0.3, -0.25) is 14.5 Å². The zero-order valence-electron chi connectivity index (χ0n) is 16.3. The van der Waals surface area contributed by atoms with Crippen LogP contribution >= 0.6 is 23.1 Å². The lowest BCUT2D eigenvalue weighted by Crippen LogP contribution is -2.71. The third-order valence-corrected chi connectivity index (χ3v) is 5.86. The zero-order chi connectivity index (χ0) is 21.5. The van der Waals surface area contributed by atoms with Crippen molar-refractivity contribution in [1.29, 1.82) is 0 Å². The topological polar surface area (TPSA) is 147 Å². The van der Waals surface area contributed by atoms with E-state index in [2.05, 4.69) is 20.3 Å². The quantitative estimate of drug-likeness (QED) is 0.351. The standard InChI is InChI=1S/C14H15N5O5S2/c1-5-3-25-12-8(11(21)19(12)9(5)13(22)23)17-10(20)7(18-24-2)6-4-26-14(15)16-6/h4,8,12H,3H2,1-2H3,(H2,15,16)(H,17,20)(H,22,23)/b18-7+/t8-,12-/m1/s1/i2D3. The summed E-state index contributed by atoms with van der Waals surface area (Å²) < 4.78 is 21.2. The van der Waals surface area contributed by atoms with Gasteiger partial charge in [-0.2, -0.15) is 0 Å². The molecule has 10 nitrogen and oxygen atoms in total. The second-order valence-corrected chi connectivity index (χ2v) is 7.39. The van der Waals surface area contributed by atoms with Gasteiger partial charge in [0.1, 0.15) is 29.8 Å². The molecule has 2 aliphatic heterocycles. The highest BCUT2D eigenvalue weighted by Gasteiger charge is 2.54. The van der Waals surface area contributed by atoms with E-state index in [1.54, 1.807) is 6.92 Å². The molecule has 0 spiro atoms. The highest BCUT2D eigenvalue weighted by molar-refractivity contribution is 8.00. The number of rotatable bonds is 5. The van der Waals surface area contributed by atoms with Crippen LogP contribution in [0.25, 0.3) is 0 Å². The second-order valence-electron chi connectivity index (χ2n) is 5.40. The van der Waals surface area contributed by atoms with Gasteiger partial charge in [0.2, 0.25) is 0 Å². The molecule has 0 aromatic carbocycles. The van der Waals surface area contributed by atoms with Crippen molar-refractivity contribution in [2.45, 2.75) is 18.3 Å². The fourth-order valence-corrected chi connectivity index (χ4v) is 4.47. The van der Waals surface area contributed by atoms with E-state index in [1.165, 1.54) is 17.1 Å². The summed E-state index contributed by atoms with van der Waals surface area (Å²) in [5.74, 6) is -2.34. The Morgan fingerprint density at radius 2 is 2.38 bits per heavy atom. The Morgan fingerprint density at radius 1 is 1.62 bits per heavy atom. The number of carboxylic acids is 1. The molecule has 2 amide bonds. The molecule has 2 atom stereocenters. The van der Waals surface area contributed by atoms with Crippen LogP contribution in [0, 0.1) is 0 Å². The molecule has 0 bridgehead atoms. The van der Waals surface area contributed by atoms with Crippen molar-refractivity contribution in [2.24, 2.45) is 5.16 Å². The van der Waals surface area contributed by atoms with Crippen LogP contribution in [0.4, 0.5) is 5.13 Å². The van der Waals surface area contributed by atoms with E-state index in [-0.39, 0.29) is 16.5 Å². The Kier molecular flexibility index (Phi) is 3.90. The molecule has 1 saturated heterocycles. The van der Waals surface area contributed by atoms with Gasteiger partial charge in [-0.15, -0.1) is 23.1 Å². The highest BCUT2D eigenvalue weighted by Crippen LogP contribution is 2.40. The van der Waals surface area contributed by atoms with Crippen molar-refractivity contribution in [3.8, 4) is 0 Å². The number of carbonyl (C=O) groups excluding carboxylic acids is 2. The van der Waals surface area contributed by atoms with Crippen molar-refractivity contribution in [3.63, 3.8) is 0 Å². The third kappa shape index (κ3) is 3.01.